The van der Waals surface area contributed by atoms with Gasteiger partial charge in [0.15, 0.2) is 5.69 Å². The fourth-order valence-electron chi connectivity index (χ4n) is 2.68. The molecule has 0 saturated heterocycles. The third kappa shape index (κ3) is 3.67. The zero-order valence-corrected chi connectivity index (χ0v) is 14.3. The third-order valence-corrected chi connectivity index (χ3v) is 4.12. The molecule has 2 N–H and O–H groups in total. The predicted octanol–water partition coefficient (Wildman–Crippen LogP) is 1.31. The molecule has 138 valence electrons. The van der Waals surface area contributed by atoms with Gasteiger partial charge in [0.1, 0.15) is 0 Å². The van der Waals surface area contributed by atoms with Crippen LogP contribution in [0.5, 0.6) is 0 Å². The van der Waals surface area contributed by atoms with E-state index in [1.165, 1.54) is 31.3 Å². The summed E-state index contributed by atoms with van der Waals surface area (Å²) < 4.78 is 1.09. The highest BCUT2D eigenvalue weighted by atomic mass is 16.6. The zero-order valence-electron chi connectivity index (χ0n) is 14.3. The minimum atomic E-state index is -1.05. The maximum Gasteiger partial charge on any atom is 0.274 e. The number of hydrogen-bond donors (Lipinski definition) is 2. The number of hydrogen-bond acceptors (Lipinski definition) is 6. The fourth-order valence-corrected chi connectivity index (χ4v) is 2.68. The van der Waals surface area contributed by atoms with Crippen molar-refractivity contribution in [3.8, 4) is 0 Å². The molecule has 1 heterocycles. The molecule has 9 nitrogen and oxygen atoms in total. The summed E-state index contributed by atoms with van der Waals surface area (Å²) in [6.45, 7) is -0.116. The van der Waals surface area contributed by atoms with Gasteiger partial charge in [-0.15, -0.1) is 0 Å². The molecule has 0 unspecified atom stereocenters. The van der Waals surface area contributed by atoms with E-state index < -0.39 is 16.9 Å². The quantitative estimate of drug-likeness (QED) is 0.516. The number of benzene rings is 2. The van der Waals surface area contributed by atoms with Gasteiger partial charge < -0.3 is 10.4 Å². The number of aliphatic hydroxyl groups excluding tert-OH is 1. The van der Waals surface area contributed by atoms with Gasteiger partial charge >= 0.3 is 0 Å². The molecule has 0 radical (unpaired) electrons. The van der Waals surface area contributed by atoms with E-state index in [1.54, 1.807) is 24.3 Å². The lowest BCUT2D eigenvalue weighted by Crippen LogP contribution is -2.32. The number of aromatic nitrogens is 2. The van der Waals surface area contributed by atoms with Gasteiger partial charge in [0, 0.05) is 31.1 Å². The molecule has 3 rings (SSSR count). The Labute approximate surface area is 153 Å². The van der Waals surface area contributed by atoms with Crippen LogP contribution in [0.4, 0.5) is 5.69 Å². The molecule has 1 aromatic heterocycles. The van der Waals surface area contributed by atoms with Gasteiger partial charge in [-0.3, -0.25) is 19.7 Å². The number of nitro benzene ring substituents is 1. The average Bonchev–Trinajstić information content (AvgIpc) is 2.68. The normalized spacial score (nSPS) is 11.9. The summed E-state index contributed by atoms with van der Waals surface area (Å²) in [7, 11) is 1.46. The molecule has 0 fully saturated rings. The molecule has 0 aliphatic carbocycles. The van der Waals surface area contributed by atoms with Crippen LogP contribution in [-0.4, -0.2) is 32.3 Å². The SMILES string of the molecule is Cn1nc(C(=O)NC[C@H](O)c2ccc([N+](=O)[O-])cc2)c2ccccc2c1=O. The first-order valence-electron chi connectivity index (χ1n) is 8.05. The first-order chi connectivity index (χ1) is 12.9. The van der Waals surface area contributed by atoms with Crippen molar-refractivity contribution in [1.82, 2.24) is 15.1 Å². The number of aryl methyl sites for hydroxylation is 1. The molecule has 2 aromatic carbocycles. The second-order valence-electron chi connectivity index (χ2n) is 5.90. The van der Waals surface area contributed by atoms with E-state index in [-0.39, 0.29) is 23.5 Å². The first kappa shape index (κ1) is 18.2. The number of amides is 1. The summed E-state index contributed by atoms with van der Waals surface area (Å²) in [6, 6.07) is 12.1. The van der Waals surface area contributed by atoms with Crippen molar-refractivity contribution in [3.63, 3.8) is 0 Å². The highest BCUT2D eigenvalue weighted by Crippen LogP contribution is 2.18. The van der Waals surface area contributed by atoms with Gasteiger partial charge in [0.2, 0.25) is 0 Å². The molecule has 0 aliphatic heterocycles. The predicted molar refractivity (Wildman–Crippen MR) is 97.4 cm³/mol. The Bertz CT molecular complexity index is 1080. The van der Waals surface area contributed by atoms with Gasteiger partial charge in [0.25, 0.3) is 17.2 Å². The Morgan fingerprint density at radius 2 is 1.85 bits per heavy atom. The standard InChI is InChI=1S/C18H16N4O5/c1-21-18(25)14-5-3-2-4-13(14)16(20-21)17(24)19-10-15(23)11-6-8-12(9-7-11)22(26)27/h2-9,15,23H,10H2,1H3,(H,19,24)/t15-/m0/s1. The lowest BCUT2D eigenvalue weighted by molar-refractivity contribution is -0.384. The molecule has 0 bridgehead atoms. The highest BCUT2D eigenvalue weighted by Gasteiger charge is 2.17. The Hall–Kier alpha value is -3.59. The van der Waals surface area contributed by atoms with Gasteiger partial charge in [-0.25, -0.2) is 4.68 Å². The van der Waals surface area contributed by atoms with Crippen molar-refractivity contribution < 1.29 is 14.8 Å². The number of non-ortho nitro benzene ring substituents is 1. The van der Waals surface area contributed by atoms with Crippen molar-refractivity contribution in [2.24, 2.45) is 7.05 Å². The lowest BCUT2D eigenvalue weighted by Gasteiger charge is -2.13. The largest absolute Gasteiger partial charge is 0.387 e. The smallest absolute Gasteiger partial charge is 0.274 e. The number of aliphatic hydroxyl groups is 1. The summed E-state index contributed by atoms with van der Waals surface area (Å²) in [5.74, 6) is -0.539. The minimum Gasteiger partial charge on any atom is -0.387 e. The molecular weight excluding hydrogens is 352 g/mol. The van der Waals surface area contributed by atoms with Crippen LogP contribution >= 0.6 is 0 Å². The van der Waals surface area contributed by atoms with Crippen molar-refractivity contribution in [2.75, 3.05) is 6.54 Å². The monoisotopic (exact) mass is 368 g/mol. The van der Waals surface area contributed by atoms with Crippen LogP contribution in [-0.2, 0) is 7.05 Å². The number of carbonyl (C=O) groups is 1. The third-order valence-electron chi connectivity index (χ3n) is 4.12. The van der Waals surface area contributed by atoms with Crippen molar-refractivity contribution in [1.29, 1.82) is 0 Å². The van der Waals surface area contributed by atoms with Crippen LogP contribution in [0.2, 0.25) is 0 Å². The second-order valence-corrected chi connectivity index (χ2v) is 5.90. The summed E-state index contributed by atoms with van der Waals surface area (Å²) in [4.78, 5) is 34.8. The molecular formula is C18H16N4O5. The first-order valence-corrected chi connectivity index (χ1v) is 8.05. The second kappa shape index (κ2) is 7.34. The Kier molecular flexibility index (Phi) is 4.95. The van der Waals surface area contributed by atoms with E-state index in [0.29, 0.717) is 16.3 Å². The maximum absolute atomic E-state index is 12.5. The molecule has 1 amide bonds. The van der Waals surface area contributed by atoms with E-state index in [4.69, 9.17) is 0 Å². The van der Waals surface area contributed by atoms with Crippen molar-refractivity contribution >= 4 is 22.4 Å². The molecule has 27 heavy (non-hydrogen) atoms. The number of rotatable bonds is 5. The van der Waals surface area contributed by atoms with Crippen LogP contribution in [0.25, 0.3) is 10.8 Å². The number of nitrogens with zero attached hydrogens (tertiary/aromatic N) is 3. The minimum absolute atomic E-state index is 0.0728. The maximum atomic E-state index is 12.5. The van der Waals surface area contributed by atoms with Crippen LogP contribution in [0.1, 0.15) is 22.2 Å². The number of nitrogens with one attached hydrogen (secondary N) is 1. The summed E-state index contributed by atoms with van der Waals surface area (Å²) >= 11 is 0. The lowest BCUT2D eigenvalue weighted by atomic mass is 10.1. The van der Waals surface area contributed by atoms with E-state index >= 15 is 0 Å². The Balaban J connectivity index is 1.78. The summed E-state index contributed by atoms with van der Waals surface area (Å²) in [6.07, 6.45) is -1.05. The van der Waals surface area contributed by atoms with Crippen LogP contribution in [0.3, 0.4) is 0 Å². The number of carbonyl (C=O) groups excluding carboxylic acids is 1. The fraction of sp³-hybridized carbons (Fsp3) is 0.167. The molecule has 0 spiro atoms. The Morgan fingerprint density at radius 3 is 2.48 bits per heavy atom. The topological polar surface area (TPSA) is 127 Å². The van der Waals surface area contributed by atoms with E-state index in [1.807, 2.05) is 0 Å². The number of nitro groups is 1. The molecule has 9 heteroatoms. The van der Waals surface area contributed by atoms with Crippen LogP contribution < -0.4 is 10.9 Å². The summed E-state index contributed by atoms with van der Waals surface area (Å²) in [5, 5.41) is 28.2. The highest BCUT2D eigenvalue weighted by molar-refractivity contribution is 6.04. The van der Waals surface area contributed by atoms with Crippen molar-refractivity contribution in [3.05, 3.63) is 80.3 Å². The molecule has 1 atom stereocenters. The van der Waals surface area contributed by atoms with Gasteiger partial charge in [-0.1, -0.05) is 18.2 Å². The van der Waals surface area contributed by atoms with E-state index in [9.17, 15) is 24.8 Å². The van der Waals surface area contributed by atoms with Crippen LogP contribution in [0, 0.1) is 10.1 Å². The molecule has 3 aromatic rings. The number of fused-ring (bicyclic) bond motifs is 1. The average molecular weight is 368 g/mol. The van der Waals surface area contributed by atoms with Gasteiger partial charge in [-0.05, 0) is 23.8 Å². The van der Waals surface area contributed by atoms with Gasteiger partial charge in [0.05, 0.1) is 16.4 Å². The summed E-state index contributed by atoms with van der Waals surface area (Å²) in [5.41, 5.74) is 0.103. The zero-order chi connectivity index (χ0) is 19.6. The van der Waals surface area contributed by atoms with E-state index in [2.05, 4.69) is 10.4 Å². The van der Waals surface area contributed by atoms with E-state index in [0.717, 1.165) is 4.68 Å². The van der Waals surface area contributed by atoms with Gasteiger partial charge in [-0.2, -0.15) is 5.10 Å². The molecule has 0 aliphatic rings. The molecule has 0 saturated carbocycles. The Morgan fingerprint density at radius 1 is 1.22 bits per heavy atom. The van der Waals surface area contributed by atoms with Crippen molar-refractivity contribution in [2.45, 2.75) is 6.10 Å². The van der Waals surface area contributed by atoms with Crippen LogP contribution in [0.15, 0.2) is 53.3 Å².